The zero-order valence-corrected chi connectivity index (χ0v) is 13.2. The fraction of sp³-hybridized carbons (Fsp3) is 0.938. The Hall–Kier alpha value is -0.770. The van der Waals surface area contributed by atoms with Crippen LogP contribution >= 0.6 is 0 Å². The van der Waals surface area contributed by atoms with E-state index in [1.165, 1.54) is 71.0 Å². The van der Waals surface area contributed by atoms with Gasteiger partial charge in [0.1, 0.15) is 0 Å². The normalized spacial score (nSPS) is 20.9. The highest BCUT2D eigenvalue weighted by Crippen LogP contribution is 2.27. The number of piperidine rings is 1. The number of unbranched alkanes of at least 4 members (excludes halogenated alkanes) is 2. The number of rotatable bonds is 8. The molecule has 4 heteroatoms. The monoisotopic (exact) mass is 280 g/mol. The smallest absolute Gasteiger partial charge is 0.190 e. The van der Waals surface area contributed by atoms with E-state index in [4.69, 9.17) is 0 Å². The number of likely N-dealkylation sites (tertiary alicyclic amines) is 1. The van der Waals surface area contributed by atoms with Gasteiger partial charge in [-0.3, -0.25) is 4.99 Å². The van der Waals surface area contributed by atoms with E-state index in [0.717, 1.165) is 25.0 Å². The van der Waals surface area contributed by atoms with Crippen molar-refractivity contribution in [3.05, 3.63) is 0 Å². The van der Waals surface area contributed by atoms with Gasteiger partial charge in [-0.1, -0.05) is 12.8 Å². The van der Waals surface area contributed by atoms with Crippen molar-refractivity contribution in [1.29, 1.82) is 0 Å². The minimum absolute atomic E-state index is 0.901. The molecule has 0 spiro atoms. The van der Waals surface area contributed by atoms with Gasteiger partial charge in [-0.15, -0.1) is 0 Å². The lowest BCUT2D eigenvalue weighted by Gasteiger charge is -2.26. The average molecular weight is 280 g/mol. The summed E-state index contributed by atoms with van der Waals surface area (Å²) in [5.74, 6) is 1.88. The Morgan fingerprint density at radius 3 is 2.55 bits per heavy atom. The van der Waals surface area contributed by atoms with Crippen LogP contribution in [0.15, 0.2) is 4.99 Å². The second kappa shape index (κ2) is 9.22. The van der Waals surface area contributed by atoms with Gasteiger partial charge in [0.15, 0.2) is 5.96 Å². The van der Waals surface area contributed by atoms with Crippen LogP contribution in [0.2, 0.25) is 0 Å². The topological polar surface area (TPSA) is 39.7 Å². The number of nitrogens with one attached hydrogen (secondary N) is 2. The standard InChI is InChI=1S/C16H32N4/c1-17-16(19-14-15-8-9-15)18-10-4-2-5-11-20-12-6-3-7-13-20/h15H,2-14H2,1H3,(H2,17,18,19). The van der Waals surface area contributed by atoms with Crippen LogP contribution < -0.4 is 10.6 Å². The first-order valence-electron chi connectivity index (χ1n) is 8.55. The van der Waals surface area contributed by atoms with Crippen molar-refractivity contribution in [2.45, 2.75) is 51.4 Å². The van der Waals surface area contributed by atoms with Crippen LogP contribution in [0.5, 0.6) is 0 Å². The Kier molecular flexibility index (Phi) is 7.20. The first-order chi connectivity index (χ1) is 9.88. The number of aliphatic imine (C=N–C) groups is 1. The van der Waals surface area contributed by atoms with Crippen molar-refractivity contribution in [1.82, 2.24) is 15.5 Å². The Balaban J connectivity index is 1.41. The molecule has 0 aromatic carbocycles. The Morgan fingerprint density at radius 2 is 1.85 bits per heavy atom. The molecule has 0 unspecified atom stereocenters. The minimum Gasteiger partial charge on any atom is -0.356 e. The molecule has 20 heavy (non-hydrogen) atoms. The van der Waals surface area contributed by atoms with Crippen molar-refractivity contribution in [2.75, 3.05) is 39.8 Å². The van der Waals surface area contributed by atoms with Crippen LogP contribution in [0.3, 0.4) is 0 Å². The molecule has 0 atom stereocenters. The van der Waals surface area contributed by atoms with E-state index in [1.807, 2.05) is 7.05 Å². The maximum atomic E-state index is 4.27. The summed E-state index contributed by atoms with van der Waals surface area (Å²) in [6.07, 6.45) is 10.9. The SMILES string of the molecule is CN=C(NCCCCCN1CCCCC1)NCC1CC1. The van der Waals surface area contributed by atoms with Crippen LogP contribution in [0.4, 0.5) is 0 Å². The summed E-state index contributed by atoms with van der Waals surface area (Å²) in [5, 5.41) is 6.82. The molecule has 2 rings (SSSR count). The zero-order chi connectivity index (χ0) is 14.0. The van der Waals surface area contributed by atoms with Crippen molar-refractivity contribution in [3.8, 4) is 0 Å². The maximum absolute atomic E-state index is 4.27. The van der Waals surface area contributed by atoms with Gasteiger partial charge in [0, 0.05) is 20.1 Å². The average Bonchev–Trinajstić information content (AvgIpc) is 3.31. The van der Waals surface area contributed by atoms with E-state index in [0.29, 0.717) is 0 Å². The predicted molar refractivity (Wildman–Crippen MR) is 86.2 cm³/mol. The Bertz CT molecular complexity index is 280. The van der Waals surface area contributed by atoms with Gasteiger partial charge in [0.2, 0.25) is 0 Å². The maximum Gasteiger partial charge on any atom is 0.190 e. The fourth-order valence-electron chi connectivity index (χ4n) is 2.81. The highest BCUT2D eigenvalue weighted by atomic mass is 15.2. The summed E-state index contributed by atoms with van der Waals surface area (Å²) in [4.78, 5) is 6.90. The van der Waals surface area contributed by atoms with E-state index in [2.05, 4.69) is 20.5 Å². The molecule has 1 saturated carbocycles. The molecule has 2 fully saturated rings. The highest BCUT2D eigenvalue weighted by Gasteiger charge is 2.20. The third kappa shape index (κ3) is 6.60. The molecule has 1 saturated heterocycles. The lowest BCUT2D eigenvalue weighted by atomic mass is 10.1. The molecule has 1 aliphatic heterocycles. The number of nitrogens with zero attached hydrogens (tertiary/aromatic N) is 2. The Labute approximate surface area is 124 Å². The highest BCUT2D eigenvalue weighted by molar-refractivity contribution is 5.79. The molecule has 0 aromatic rings. The fourth-order valence-corrected chi connectivity index (χ4v) is 2.81. The lowest BCUT2D eigenvalue weighted by Crippen LogP contribution is -2.38. The lowest BCUT2D eigenvalue weighted by molar-refractivity contribution is 0.224. The van der Waals surface area contributed by atoms with Crippen LogP contribution in [-0.4, -0.2) is 50.6 Å². The van der Waals surface area contributed by atoms with Gasteiger partial charge >= 0.3 is 0 Å². The summed E-state index contributed by atoms with van der Waals surface area (Å²) in [6, 6.07) is 0. The molecular weight excluding hydrogens is 248 g/mol. The van der Waals surface area contributed by atoms with Gasteiger partial charge < -0.3 is 15.5 Å². The van der Waals surface area contributed by atoms with E-state index in [-0.39, 0.29) is 0 Å². The van der Waals surface area contributed by atoms with Crippen molar-refractivity contribution in [2.24, 2.45) is 10.9 Å². The Morgan fingerprint density at radius 1 is 1.05 bits per heavy atom. The van der Waals surface area contributed by atoms with E-state index in [9.17, 15) is 0 Å². The molecule has 2 aliphatic rings. The van der Waals surface area contributed by atoms with E-state index in [1.54, 1.807) is 0 Å². The van der Waals surface area contributed by atoms with Crippen molar-refractivity contribution in [3.63, 3.8) is 0 Å². The summed E-state index contributed by atoms with van der Waals surface area (Å²) >= 11 is 0. The third-order valence-corrected chi connectivity index (χ3v) is 4.37. The van der Waals surface area contributed by atoms with Crippen LogP contribution in [-0.2, 0) is 0 Å². The van der Waals surface area contributed by atoms with Crippen molar-refractivity contribution >= 4 is 5.96 Å². The summed E-state index contributed by atoms with van der Waals surface area (Å²) in [6.45, 7) is 6.10. The van der Waals surface area contributed by atoms with Crippen LogP contribution in [0.25, 0.3) is 0 Å². The molecular formula is C16H32N4. The van der Waals surface area contributed by atoms with Gasteiger partial charge in [-0.05, 0) is 64.1 Å². The molecule has 0 amide bonds. The van der Waals surface area contributed by atoms with Crippen LogP contribution in [0, 0.1) is 5.92 Å². The third-order valence-electron chi connectivity index (χ3n) is 4.37. The molecule has 0 radical (unpaired) electrons. The molecule has 116 valence electrons. The molecule has 1 aliphatic carbocycles. The summed E-state index contributed by atoms with van der Waals surface area (Å²) < 4.78 is 0. The largest absolute Gasteiger partial charge is 0.356 e. The second-order valence-electron chi connectivity index (χ2n) is 6.29. The number of hydrogen-bond acceptors (Lipinski definition) is 2. The predicted octanol–water partition coefficient (Wildman–Crippen LogP) is 2.22. The minimum atomic E-state index is 0.901. The first kappa shape index (κ1) is 15.6. The number of hydrogen-bond donors (Lipinski definition) is 2. The van der Waals surface area contributed by atoms with Crippen molar-refractivity contribution < 1.29 is 0 Å². The second-order valence-corrected chi connectivity index (χ2v) is 6.29. The molecule has 1 heterocycles. The zero-order valence-electron chi connectivity index (χ0n) is 13.2. The van der Waals surface area contributed by atoms with Gasteiger partial charge in [0.05, 0.1) is 0 Å². The molecule has 2 N–H and O–H groups in total. The molecule has 0 bridgehead atoms. The molecule has 0 aromatic heterocycles. The summed E-state index contributed by atoms with van der Waals surface area (Å²) in [5.41, 5.74) is 0. The van der Waals surface area contributed by atoms with E-state index >= 15 is 0 Å². The summed E-state index contributed by atoms with van der Waals surface area (Å²) in [7, 11) is 1.86. The van der Waals surface area contributed by atoms with Gasteiger partial charge in [0.25, 0.3) is 0 Å². The quantitative estimate of drug-likeness (QED) is 0.407. The van der Waals surface area contributed by atoms with E-state index < -0.39 is 0 Å². The molecule has 4 nitrogen and oxygen atoms in total. The van der Waals surface area contributed by atoms with Crippen LogP contribution in [0.1, 0.15) is 51.4 Å². The first-order valence-corrected chi connectivity index (χ1v) is 8.55. The van der Waals surface area contributed by atoms with Gasteiger partial charge in [-0.2, -0.15) is 0 Å². The van der Waals surface area contributed by atoms with Gasteiger partial charge in [-0.25, -0.2) is 0 Å². The number of guanidine groups is 1.